The zero-order valence-corrected chi connectivity index (χ0v) is 12.7. The molecule has 0 aromatic rings. The Morgan fingerprint density at radius 1 is 1.05 bits per heavy atom. The Labute approximate surface area is 128 Å². The van der Waals surface area contributed by atoms with Crippen LogP contribution in [0.2, 0.25) is 0 Å². The minimum atomic E-state index is -4.51. The van der Waals surface area contributed by atoms with E-state index < -0.39 is 11.8 Å². The predicted molar refractivity (Wildman–Crippen MR) is 74.3 cm³/mol. The smallest absolute Gasteiger partial charge is 0.380 e. The second kappa shape index (κ2) is 4.84. The molecular formula is C16H24F3NO2. The highest BCUT2D eigenvalue weighted by molar-refractivity contribution is 5.19. The van der Waals surface area contributed by atoms with Crippen molar-refractivity contribution in [1.82, 2.24) is 5.32 Å². The van der Waals surface area contributed by atoms with Gasteiger partial charge >= 0.3 is 6.18 Å². The third-order valence-electron chi connectivity index (χ3n) is 6.79. The number of rotatable bonds is 2. The molecule has 126 valence electrons. The van der Waals surface area contributed by atoms with Gasteiger partial charge in [0, 0.05) is 30.0 Å². The monoisotopic (exact) mass is 319 g/mol. The van der Waals surface area contributed by atoms with Gasteiger partial charge in [0.2, 0.25) is 0 Å². The average Bonchev–Trinajstić information content (AvgIpc) is 2.80. The number of fused-ring (bicyclic) bond motifs is 2. The van der Waals surface area contributed by atoms with Crippen LogP contribution >= 0.6 is 0 Å². The summed E-state index contributed by atoms with van der Waals surface area (Å²) >= 11 is 0. The van der Waals surface area contributed by atoms with E-state index in [0.29, 0.717) is 30.9 Å². The van der Waals surface area contributed by atoms with Crippen LogP contribution in [0.3, 0.4) is 0 Å². The summed E-state index contributed by atoms with van der Waals surface area (Å²) in [6.07, 6.45) is 1.00. The van der Waals surface area contributed by atoms with Crippen molar-refractivity contribution >= 4 is 0 Å². The third-order valence-corrected chi connectivity index (χ3v) is 6.79. The maximum Gasteiger partial charge on any atom is 0.417 e. The van der Waals surface area contributed by atoms with E-state index >= 15 is 0 Å². The highest BCUT2D eigenvalue weighted by atomic mass is 19.4. The average molecular weight is 319 g/mol. The quantitative estimate of drug-likeness (QED) is 0.822. The van der Waals surface area contributed by atoms with E-state index in [2.05, 4.69) is 5.32 Å². The zero-order valence-electron chi connectivity index (χ0n) is 12.7. The Balaban J connectivity index is 1.37. The molecule has 1 saturated heterocycles. The highest BCUT2D eigenvalue weighted by Gasteiger charge is 2.66. The van der Waals surface area contributed by atoms with Crippen molar-refractivity contribution in [3.8, 4) is 0 Å². The van der Waals surface area contributed by atoms with E-state index in [0.717, 1.165) is 13.0 Å². The van der Waals surface area contributed by atoms with Crippen molar-refractivity contribution in [1.29, 1.82) is 0 Å². The predicted octanol–water partition coefficient (Wildman–Crippen LogP) is 2.77. The molecule has 0 bridgehead atoms. The van der Waals surface area contributed by atoms with E-state index in [-0.39, 0.29) is 24.3 Å². The Morgan fingerprint density at radius 2 is 1.73 bits per heavy atom. The fraction of sp³-hybridized carbons (Fsp3) is 1.00. The van der Waals surface area contributed by atoms with Gasteiger partial charge in [-0.2, -0.15) is 13.2 Å². The van der Waals surface area contributed by atoms with Gasteiger partial charge in [-0.3, -0.25) is 0 Å². The standard InChI is InChI=1S/C16H24F3NO2/c17-16(18,19)15(21)7-2-10(3-8-15)20-12-11-4-9-22-13(11)14(12)5-1-6-14/h10-13,20-21H,1-9H2/t10?,11-,12-,13+,15?/m1/s1. The number of ether oxygens (including phenoxy) is 1. The van der Waals surface area contributed by atoms with Gasteiger partial charge < -0.3 is 15.2 Å². The molecule has 0 unspecified atom stereocenters. The van der Waals surface area contributed by atoms with Crippen LogP contribution < -0.4 is 5.32 Å². The van der Waals surface area contributed by atoms with Gasteiger partial charge in [-0.25, -0.2) is 0 Å². The number of nitrogens with one attached hydrogen (secondary N) is 1. The topological polar surface area (TPSA) is 41.5 Å². The number of alkyl halides is 3. The van der Waals surface area contributed by atoms with E-state index in [1.165, 1.54) is 19.3 Å². The normalized spacial score (nSPS) is 46.9. The SMILES string of the molecule is OC1(C(F)(F)F)CCC(N[C@@H]2[C@H]3CCO[C@@H]3C23CCC3)CC1. The van der Waals surface area contributed by atoms with Crippen LogP contribution in [-0.4, -0.2) is 41.7 Å². The summed E-state index contributed by atoms with van der Waals surface area (Å²) in [4.78, 5) is 0. The summed E-state index contributed by atoms with van der Waals surface area (Å²) in [5.41, 5.74) is -2.21. The summed E-state index contributed by atoms with van der Waals surface area (Å²) < 4.78 is 44.5. The fourth-order valence-electron chi connectivity index (χ4n) is 5.29. The van der Waals surface area contributed by atoms with E-state index in [1.54, 1.807) is 0 Å². The Bertz CT molecular complexity index is 441. The molecule has 3 saturated carbocycles. The van der Waals surface area contributed by atoms with Crippen molar-refractivity contribution in [2.24, 2.45) is 11.3 Å². The molecule has 2 N–H and O–H groups in total. The van der Waals surface area contributed by atoms with Gasteiger partial charge in [-0.15, -0.1) is 0 Å². The second-order valence-electron chi connectivity index (χ2n) is 7.78. The van der Waals surface area contributed by atoms with Crippen molar-refractivity contribution in [3.05, 3.63) is 0 Å². The lowest BCUT2D eigenvalue weighted by atomic mass is 9.46. The molecule has 4 fully saturated rings. The lowest BCUT2D eigenvalue weighted by Gasteiger charge is -2.64. The third kappa shape index (κ3) is 1.99. The van der Waals surface area contributed by atoms with Gasteiger partial charge in [0.15, 0.2) is 5.60 Å². The molecule has 0 aromatic heterocycles. The molecule has 0 amide bonds. The molecule has 3 nitrogen and oxygen atoms in total. The number of hydrogen-bond acceptors (Lipinski definition) is 3. The molecule has 4 rings (SSSR count). The molecule has 0 radical (unpaired) electrons. The van der Waals surface area contributed by atoms with Crippen molar-refractivity contribution in [3.63, 3.8) is 0 Å². The van der Waals surface area contributed by atoms with Crippen LogP contribution in [-0.2, 0) is 4.74 Å². The first-order valence-electron chi connectivity index (χ1n) is 8.53. The van der Waals surface area contributed by atoms with Crippen molar-refractivity contribution in [2.75, 3.05) is 6.61 Å². The van der Waals surface area contributed by atoms with Crippen LogP contribution in [0.25, 0.3) is 0 Å². The Hall–Kier alpha value is -0.330. The lowest BCUT2D eigenvalue weighted by Crippen LogP contribution is -2.72. The number of hydrogen-bond donors (Lipinski definition) is 2. The summed E-state index contributed by atoms with van der Waals surface area (Å²) in [5.74, 6) is 0.545. The van der Waals surface area contributed by atoms with Crippen LogP contribution in [0.5, 0.6) is 0 Å². The maximum absolute atomic E-state index is 12.9. The Morgan fingerprint density at radius 3 is 2.27 bits per heavy atom. The summed E-state index contributed by atoms with van der Waals surface area (Å²) in [5, 5.41) is 13.4. The molecule has 22 heavy (non-hydrogen) atoms. The van der Waals surface area contributed by atoms with E-state index in [4.69, 9.17) is 4.74 Å². The molecular weight excluding hydrogens is 295 g/mol. The minimum Gasteiger partial charge on any atom is -0.380 e. The second-order valence-corrected chi connectivity index (χ2v) is 7.78. The van der Waals surface area contributed by atoms with Crippen molar-refractivity contribution < 1.29 is 23.0 Å². The largest absolute Gasteiger partial charge is 0.417 e. The molecule has 4 aliphatic rings. The minimum absolute atomic E-state index is 0.103. The number of halogens is 3. The van der Waals surface area contributed by atoms with E-state index in [1.807, 2.05) is 0 Å². The molecule has 1 heterocycles. The molecule has 6 heteroatoms. The van der Waals surface area contributed by atoms with Crippen LogP contribution in [0.15, 0.2) is 0 Å². The van der Waals surface area contributed by atoms with Gasteiger partial charge in [0.25, 0.3) is 0 Å². The zero-order chi connectivity index (χ0) is 15.6. The van der Waals surface area contributed by atoms with Gasteiger partial charge in [-0.1, -0.05) is 6.42 Å². The molecule has 3 atom stereocenters. The van der Waals surface area contributed by atoms with Crippen LogP contribution in [0.4, 0.5) is 13.2 Å². The summed E-state index contributed by atoms with van der Waals surface area (Å²) in [6.45, 7) is 0.827. The Kier molecular flexibility index (Phi) is 3.34. The first kappa shape index (κ1) is 15.2. The van der Waals surface area contributed by atoms with Gasteiger partial charge in [0.05, 0.1) is 6.10 Å². The highest BCUT2D eigenvalue weighted by Crippen LogP contribution is 2.63. The van der Waals surface area contributed by atoms with Crippen LogP contribution in [0, 0.1) is 11.3 Å². The van der Waals surface area contributed by atoms with Crippen molar-refractivity contribution in [2.45, 2.75) is 81.3 Å². The molecule has 1 spiro atoms. The maximum atomic E-state index is 12.9. The molecule has 1 aliphatic heterocycles. The first-order valence-corrected chi connectivity index (χ1v) is 8.53. The summed E-state index contributed by atoms with van der Waals surface area (Å²) in [6, 6.07) is 0.516. The van der Waals surface area contributed by atoms with Gasteiger partial charge in [0.1, 0.15) is 0 Å². The first-order chi connectivity index (χ1) is 10.4. The fourth-order valence-corrected chi connectivity index (χ4v) is 5.29. The molecule has 3 aliphatic carbocycles. The van der Waals surface area contributed by atoms with Gasteiger partial charge in [-0.05, 0) is 44.9 Å². The number of aliphatic hydroxyl groups is 1. The van der Waals surface area contributed by atoms with Crippen LogP contribution in [0.1, 0.15) is 51.4 Å². The summed E-state index contributed by atoms with van der Waals surface area (Å²) in [7, 11) is 0. The molecule has 0 aromatic carbocycles. The lowest BCUT2D eigenvalue weighted by molar-refractivity contribution is -0.271. The van der Waals surface area contributed by atoms with E-state index in [9.17, 15) is 18.3 Å².